The number of pyridine rings is 1. The number of nitrogens with zero attached hydrogens (tertiary/aromatic N) is 3. The molecule has 0 unspecified atom stereocenters. The lowest BCUT2D eigenvalue weighted by Crippen LogP contribution is -2.41. The Kier molecular flexibility index (Phi) is 7.62. The van der Waals surface area contributed by atoms with Crippen molar-refractivity contribution < 1.29 is 9.18 Å². The number of hydrogen-bond acceptors (Lipinski definition) is 4. The van der Waals surface area contributed by atoms with E-state index in [1.54, 1.807) is 12.1 Å². The maximum atomic E-state index is 13.9. The van der Waals surface area contributed by atoms with Crippen LogP contribution in [0.5, 0.6) is 0 Å². The maximum absolute atomic E-state index is 13.9. The highest BCUT2D eigenvalue weighted by molar-refractivity contribution is 6.31. The fourth-order valence-electron chi connectivity index (χ4n) is 4.92. The molecular formula is C28H34ClFN4O. The van der Waals surface area contributed by atoms with Crippen molar-refractivity contribution in [2.24, 2.45) is 0 Å². The van der Waals surface area contributed by atoms with Crippen molar-refractivity contribution in [2.45, 2.75) is 52.1 Å². The van der Waals surface area contributed by atoms with Gasteiger partial charge in [0.05, 0.1) is 22.7 Å². The highest BCUT2D eigenvalue weighted by Gasteiger charge is 2.22. The predicted molar refractivity (Wildman–Crippen MR) is 143 cm³/mol. The summed E-state index contributed by atoms with van der Waals surface area (Å²) in [6.07, 6.45) is 2.45. The first-order chi connectivity index (χ1) is 16.6. The maximum Gasteiger partial charge on any atom is 0.224 e. The average Bonchev–Trinajstić information content (AvgIpc) is 2.82. The summed E-state index contributed by atoms with van der Waals surface area (Å²) in [5.74, 6) is -0.546. The van der Waals surface area contributed by atoms with Crippen LogP contribution < -0.4 is 10.2 Å². The molecule has 1 aromatic heterocycles. The molecular weight excluding hydrogens is 463 g/mol. The molecule has 0 saturated carbocycles. The van der Waals surface area contributed by atoms with E-state index < -0.39 is 5.82 Å². The second-order valence-corrected chi connectivity index (χ2v) is 10.4. The SMILES string of the molecule is Cc1c(CC(=O)NC(C)C)c(-c2ccc(F)c(Cl)c2)nc2ccc(N3CCC(N(C)C)CC3)cc12. The van der Waals surface area contributed by atoms with Gasteiger partial charge in [-0.15, -0.1) is 0 Å². The number of halogens is 2. The van der Waals surface area contributed by atoms with E-state index in [0.717, 1.165) is 48.0 Å². The molecule has 1 amide bonds. The van der Waals surface area contributed by atoms with Crippen LogP contribution in [0.25, 0.3) is 22.2 Å². The van der Waals surface area contributed by atoms with Crippen LogP contribution in [-0.2, 0) is 11.2 Å². The molecule has 7 heteroatoms. The third-order valence-corrected chi connectivity index (χ3v) is 7.18. The first kappa shape index (κ1) is 25.4. The lowest BCUT2D eigenvalue weighted by atomic mass is 9.94. The van der Waals surface area contributed by atoms with Crippen molar-refractivity contribution in [1.29, 1.82) is 0 Å². The number of amides is 1. The molecule has 1 fully saturated rings. The Morgan fingerprint density at radius 1 is 1.20 bits per heavy atom. The first-order valence-corrected chi connectivity index (χ1v) is 12.6. The lowest BCUT2D eigenvalue weighted by Gasteiger charge is -2.36. The van der Waals surface area contributed by atoms with Crippen molar-refractivity contribution in [3.05, 3.63) is 58.4 Å². The van der Waals surface area contributed by atoms with Gasteiger partial charge in [-0.2, -0.15) is 0 Å². The van der Waals surface area contributed by atoms with Crippen LogP contribution in [0.1, 0.15) is 37.8 Å². The fourth-order valence-corrected chi connectivity index (χ4v) is 5.10. The van der Waals surface area contributed by atoms with Gasteiger partial charge >= 0.3 is 0 Å². The van der Waals surface area contributed by atoms with E-state index in [1.165, 1.54) is 11.8 Å². The van der Waals surface area contributed by atoms with Gasteiger partial charge in [-0.05, 0) is 95.2 Å². The van der Waals surface area contributed by atoms with Gasteiger partial charge in [-0.3, -0.25) is 4.79 Å². The minimum Gasteiger partial charge on any atom is -0.371 e. The van der Waals surface area contributed by atoms with Gasteiger partial charge in [-0.25, -0.2) is 9.37 Å². The van der Waals surface area contributed by atoms with Crippen LogP contribution in [0.2, 0.25) is 5.02 Å². The minimum atomic E-state index is -0.477. The third-order valence-electron chi connectivity index (χ3n) is 6.89. The number of piperidine rings is 1. The molecule has 1 saturated heterocycles. The summed E-state index contributed by atoms with van der Waals surface area (Å²) < 4.78 is 13.9. The summed E-state index contributed by atoms with van der Waals surface area (Å²) >= 11 is 6.09. The Morgan fingerprint density at radius 2 is 1.91 bits per heavy atom. The number of rotatable bonds is 6. The molecule has 0 aliphatic carbocycles. The Bertz CT molecular complexity index is 1240. The van der Waals surface area contributed by atoms with E-state index in [1.807, 2.05) is 26.8 Å². The summed E-state index contributed by atoms with van der Waals surface area (Å²) in [5, 5.41) is 4.04. The zero-order valence-corrected chi connectivity index (χ0v) is 21.9. The van der Waals surface area contributed by atoms with E-state index in [9.17, 15) is 9.18 Å². The Labute approximate surface area is 212 Å². The number of hydrogen-bond donors (Lipinski definition) is 1. The highest BCUT2D eigenvalue weighted by Crippen LogP contribution is 2.34. The highest BCUT2D eigenvalue weighted by atomic mass is 35.5. The second-order valence-electron chi connectivity index (χ2n) is 9.98. The van der Waals surface area contributed by atoms with Gasteiger partial charge in [0.25, 0.3) is 0 Å². The number of fused-ring (bicyclic) bond motifs is 1. The molecule has 1 aliphatic rings. The molecule has 1 N–H and O–H groups in total. The molecule has 0 bridgehead atoms. The molecule has 3 aromatic rings. The number of anilines is 1. The average molecular weight is 497 g/mol. The Hall–Kier alpha value is -2.70. The summed E-state index contributed by atoms with van der Waals surface area (Å²) in [6.45, 7) is 7.94. The van der Waals surface area contributed by atoms with Gasteiger partial charge in [0.2, 0.25) is 5.91 Å². The minimum absolute atomic E-state index is 0.0381. The lowest BCUT2D eigenvalue weighted by molar-refractivity contribution is -0.120. The quantitative estimate of drug-likeness (QED) is 0.482. The third kappa shape index (κ3) is 5.60. The number of benzene rings is 2. The van der Waals surface area contributed by atoms with E-state index in [0.29, 0.717) is 17.3 Å². The number of aryl methyl sites for hydroxylation is 1. The van der Waals surface area contributed by atoms with E-state index in [-0.39, 0.29) is 23.4 Å². The van der Waals surface area contributed by atoms with Crippen molar-refractivity contribution in [3.8, 4) is 11.3 Å². The zero-order chi connectivity index (χ0) is 25.3. The summed E-state index contributed by atoms with van der Waals surface area (Å²) in [7, 11) is 4.29. The normalized spacial score (nSPS) is 14.8. The smallest absolute Gasteiger partial charge is 0.224 e. The van der Waals surface area contributed by atoms with Gasteiger partial charge in [-0.1, -0.05) is 11.6 Å². The van der Waals surface area contributed by atoms with E-state index >= 15 is 0 Å². The van der Waals surface area contributed by atoms with Crippen molar-refractivity contribution in [3.63, 3.8) is 0 Å². The molecule has 0 atom stereocenters. The van der Waals surface area contributed by atoms with Crippen LogP contribution in [0.15, 0.2) is 36.4 Å². The summed E-state index contributed by atoms with van der Waals surface area (Å²) in [6, 6.07) is 11.6. The Morgan fingerprint density at radius 3 is 2.54 bits per heavy atom. The molecule has 4 rings (SSSR count). The first-order valence-electron chi connectivity index (χ1n) is 12.2. The molecule has 35 heavy (non-hydrogen) atoms. The topological polar surface area (TPSA) is 48.5 Å². The predicted octanol–water partition coefficient (Wildman–Crippen LogP) is 5.60. The van der Waals surface area contributed by atoms with Crippen LogP contribution in [-0.4, -0.2) is 55.1 Å². The summed E-state index contributed by atoms with van der Waals surface area (Å²) in [4.78, 5) is 22.5. The van der Waals surface area contributed by atoms with Crippen molar-refractivity contribution >= 4 is 34.1 Å². The molecule has 2 aromatic carbocycles. The van der Waals surface area contributed by atoms with Gasteiger partial charge in [0.15, 0.2) is 0 Å². The number of nitrogens with one attached hydrogen (secondary N) is 1. The van der Waals surface area contributed by atoms with Crippen LogP contribution in [0, 0.1) is 12.7 Å². The number of aromatic nitrogens is 1. The second kappa shape index (κ2) is 10.5. The zero-order valence-electron chi connectivity index (χ0n) is 21.2. The molecule has 5 nitrogen and oxygen atoms in total. The molecule has 2 heterocycles. The van der Waals surface area contributed by atoms with Gasteiger partial charge in [0.1, 0.15) is 5.82 Å². The van der Waals surface area contributed by atoms with Gasteiger partial charge < -0.3 is 15.1 Å². The number of carbonyl (C=O) groups is 1. The van der Waals surface area contributed by atoms with E-state index in [2.05, 4.69) is 41.3 Å². The van der Waals surface area contributed by atoms with E-state index in [4.69, 9.17) is 16.6 Å². The molecule has 0 radical (unpaired) electrons. The molecule has 186 valence electrons. The molecule has 1 aliphatic heterocycles. The van der Waals surface area contributed by atoms with Crippen molar-refractivity contribution in [2.75, 3.05) is 32.1 Å². The standard InChI is InChI=1S/C28H34ClFN4O/c1-17(2)31-27(35)16-23-18(3)22-15-21(34-12-10-20(11-13-34)33(4)5)7-9-26(22)32-28(23)19-6-8-25(30)24(29)14-19/h6-9,14-15,17,20H,10-13,16H2,1-5H3,(H,31,35). The van der Waals surface area contributed by atoms with Crippen molar-refractivity contribution in [1.82, 2.24) is 15.2 Å². The van der Waals surface area contributed by atoms with Crippen LogP contribution >= 0.6 is 11.6 Å². The monoisotopic (exact) mass is 496 g/mol. The summed E-state index contributed by atoms with van der Waals surface area (Å²) in [5.41, 5.74) is 5.22. The van der Waals surface area contributed by atoms with Crippen LogP contribution in [0.4, 0.5) is 10.1 Å². The Balaban J connectivity index is 1.77. The van der Waals surface area contributed by atoms with Crippen LogP contribution in [0.3, 0.4) is 0 Å². The number of carbonyl (C=O) groups excluding carboxylic acids is 1. The fraction of sp³-hybridized carbons (Fsp3) is 0.429. The molecule has 0 spiro atoms. The van der Waals surface area contributed by atoms with Gasteiger partial charge in [0, 0.05) is 41.8 Å². The largest absolute Gasteiger partial charge is 0.371 e.